The molecular formula is C28H33N7O5. The van der Waals surface area contributed by atoms with Crippen molar-refractivity contribution >= 4 is 40.7 Å². The van der Waals surface area contributed by atoms with Gasteiger partial charge in [0.25, 0.3) is 5.91 Å². The van der Waals surface area contributed by atoms with Crippen LogP contribution in [-0.4, -0.2) is 53.5 Å². The number of aromatic nitrogens is 2. The summed E-state index contributed by atoms with van der Waals surface area (Å²) >= 11 is 0. The molecule has 0 spiro atoms. The summed E-state index contributed by atoms with van der Waals surface area (Å²) in [6.07, 6.45) is 3.87. The van der Waals surface area contributed by atoms with Gasteiger partial charge in [0.05, 0.1) is 6.61 Å². The van der Waals surface area contributed by atoms with Gasteiger partial charge < -0.3 is 36.5 Å². The number of ether oxygens (including phenoxy) is 2. The van der Waals surface area contributed by atoms with Gasteiger partial charge in [-0.2, -0.15) is 0 Å². The summed E-state index contributed by atoms with van der Waals surface area (Å²) in [6, 6.07) is 15.5. The van der Waals surface area contributed by atoms with Gasteiger partial charge in [0.2, 0.25) is 11.8 Å². The Kier molecular flexibility index (Phi) is 10.1. The molecule has 12 heteroatoms. The lowest BCUT2D eigenvalue weighted by Gasteiger charge is -2.18. The number of hydrogen-bond acceptors (Lipinski definition) is 9. The molecule has 1 atom stereocenters. The molecule has 3 amide bonds. The number of carbonyl (C=O) groups excluding carboxylic acids is 3. The average molecular weight is 548 g/mol. The van der Waals surface area contributed by atoms with E-state index in [1.54, 1.807) is 24.3 Å². The second-order valence-electron chi connectivity index (χ2n) is 9.21. The molecule has 6 N–H and O–H groups in total. The first-order valence-electron chi connectivity index (χ1n) is 13.1. The highest BCUT2D eigenvalue weighted by Gasteiger charge is 2.21. The van der Waals surface area contributed by atoms with Crippen LogP contribution < -0.4 is 36.5 Å². The lowest BCUT2D eigenvalue weighted by atomic mass is 10.1. The second kappa shape index (κ2) is 14.3. The zero-order chi connectivity index (χ0) is 28.2. The molecule has 3 aromatic rings. The molecule has 0 aliphatic carbocycles. The van der Waals surface area contributed by atoms with Crippen molar-refractivity contribution in [3.05, 3.63) is 60.9 Å². The number of anilines is 4. The van der Waals surface area contributed by atoms with Crippen LogP contribution in [0.5, 0.6) is 11.5 Å². The number of nitrogens with zero attached hydrogens (tertiary/aromatic N) is 2. The molecule has 12 nitrogen and oxygen atoms in total. The highest BCUT2D eigenvalue weighted by atomic mass is 16.5. The quantitative estimate of drug-likeness (QED) is 0.331. The Labute approximate surface area is 232 Å². The lowest BCUT2D eigenvalue weighted by Crippen LogP contribution is -2.48. The van der Waals surface area contributed by atoms with E-state index in [0.29, 0.717) is 36.2 Å². The standard InChI is InChI=1S/C28H33N7O5/c29-24(36)11-10-23-28(38)30-12-2-1-3-13-39-21-8-4-6-19(14-21)33-25-16-26(32-18-31-25)34-20-7-5-9-22(15-20)40-17-27(37)35-23/h4-9,14-16,18,23H,1-3,10-13,17H2,(H2,29,36)(H,30,38)(H,35,37)(H2,31,32,33,34). The van der Waals surface area contributed by atoms with E-state index in [4.69, 9.17) is 15.2 Å². The van der Waals surface area contributed by atoms with Crippen LogP contribution in [0.3, 0.4) is 0 Å². The van der Waals surface area contributed by atoms with Crippen molar-refractivity contribution < 1.29 is 23.9 Å². The number of carbonyl (C=O) groups is 3. The van der Waals surface area contributed by atoms with Crippen LogP contribution in [0.2, 0.25) is 0 Å². The molecule has 2 heterocycles. The maximum absolute atomic E-state index is 12.7. The number of fused-ring (bicyclic) bond motifs is 6. The molecule has 4 rings (SSSR count). The van der Waals surface area contributed by atoms with E-state index in [0.717, 1.165) is 30.7 Å². The first kappa shape index (κ1) is 28.1. The van der Waals surface area contributed by atoms with E-state index in [1.165, 1.54) is 6.33 Å². The third-order valence-electron chi connectivity index (χ3n) is 5.97. The van der Waals surface area contributed by atoms with Gasteiger partial charge in [-0.15, -0.1) is 0 Å². The largest absolute Gasteiger partial charge is 0.494 e. The van der Waals surface area contributed by atoms with Crippen LogP contribution in [0.4, 0.5) is 23.0 Å². The molecule has 0 saturated carbocycles. The Balaban J connectivity index is 1.49. The van der Waals surface area contributed by atoms with Gasteiger partial charge in [-0.1, -0.05) is 12.1 Å². The van der Waals surface area contributed by atoms with Gasteiger partial charge in [-0.3, -0.25) is 14.4 Å². The minimum atomic E-state index is -0.904. The molecular weight excluding hydrogens is 514 g/mol. The number of amides is 3. The zero-order valence-corrected chi connectivity index (χ0v) is 22.0. The molecule has 2 aromatic carbocycles. The normalized spacial score (nSPS) is 16.9. The first-order valence-corrected chi connectivity index (χ1v) is 13.1. The van der Waals surface area contributed by atoms with E-state index in [1.807, 2.05) is 30.3 Å². The summed E-state index contributed by atoms with van der Waals surface area (Å²) in [4.78, 5) is 45.2. The average Bonchev–Trinajstić information content (AvgIpc) is 2.93. The van der Waals surface area contributed by atoms with Gasteiger partial charge in [0.15, 0.2) is 6.61 Å². The van der Waals surface area contributed by atoms with Crippen molar-refractivity contribution in [2.24, 2.45) is 5.73 Å². The summed E-state index contributed by atoms with van der Waals surface area (Å²) in [7, 11) is 0. The Morgan fingerprint density at radius 1 is 0.900 bits per heavy atom. The van der Waals surface area contributed by atoms with Crippen LogP contribution in [0.15, 0.2) is 60.9 Å². The third kappa shape index (κ3) is 9.15. The van der Waals surface area contributed by atoms with Gasteiger partial charge >= 0.3 is 0 Å². The van der Waals surface area contributed by atoms with Crippen LogP contribution in [0.1, 0.15) is 32.1 Å². The SMILES string of the molecule is NC(=O)CCC1NC(=O)COc2cccc(c2)Nc2cc(ncn2)Nc2cccc(c2)OCCCCCNC1=O. The highest BCUT2D eigenvalue weighted by Crippen LogP contribution is 2.24. The van der Waals surface area contributed by atoms with Crippen molar-refractivity contribution in [1.29, 1.82) is 0 Å². The fourth-order valence-electron chi connectivity index (χ4n) is 3.99. The third-order valence-corrected chi connectivity index (χ3v) is 5.97. The predicted octanol–water partition coefficient (Wildman–Crippen LogP) is 2.77. The summed E-state index contributed by atoms with van der Waals surface area (Å²) in [6.45, 7) is 0.637. The Morgan fingerprint density at radius 3 is 2.25 bits per heavy atom. The molecule has 0 radical (unpaired) electrons. The van der Waals surface area contributed by atoms with Crippen LogP contribution >= 0.6 is 0 Å². The number of benzene rings is 2. The summed E-state index contributed by atoms with van der Waals surface area (Å²) in [5.74, 6) is 0.898. The smallest absolute Gasteiger partial charge is 0.258 e. The predicted molar refractivity (Wildman–Crippen MR) is 150 cm³/mol. The fourth-order valence-corrected chi connectivity index (χ4v) is 3.99. The minimum absolute atomic E-state index is 0.0360. The van der Waals surface area contributed by atoms with E-state index in [-0.39, 0.29) is 25.4 Å². The molecule has 1 unspecified atom stereocenters. The number of nitrogens with one attached hydrogen (secondary N) is 4. The summed E-state index contributed by atoms with van der Waals surface area (Å²) in [5, 5.41) is 11.9. The van der Waals surface area contributed by atoms with Gasteiger partial charge in [-0.05, 0) is 49.9 Å². The van der Waals surface area contributed by atoms with Crippen molar-refractivity contribution in [3.8, 4) is 11.5 Å². The first-order chi connectivity index (χ1) is 19.4. The molecule has 1 aromatic heterocycles. The van der Waals surface area contributed by atoms with E-state index in [2.05, 4.69) is 31.2 Å². The molecule has 1 aliphatic heterocycles. The van der Waals surface area contributed by atoms with E-state index < -0.39 is 17.9 Å². The van der Waals surface area contributed by atoms with Crippen LogP contribution in [-0.2, 0) is 14.4 Å². The van der Waals surface area contributed by atoms with Gasteiger partial charge in [0, 0.05) is 42.5 Å². The van der Waals surface area contributed by atoms with Crippen molar-refractivity contribution in [2.45, 2.75) is 38.1 Å². The monoisotopic (exact) mass is 547 g/mol. The summed E-state index contributed by atoms with van der Waals surface area (Å²) in [5.41, 5.74) is 6.76. The number of rotatable bonds is 3. The molecule has 6 bridgehead atoms. The maximum atomic E-state index is 12.7. The number of hydrogen-bond donors (Lipinski definition) is 5. The maximum Gasteiger partial charge on any atom is 0.258 e. The molecule has 1 aliphatic rings. The number of nitrogens with two attached hydrogens (primary N) is 1. The lowest BCUT2D eigenvalue weighted by molar-refractivity contribution is -0.130. The zero-order valence-electron chi connectivity index (χ0n) is 22.0. The Hall–Kier alpha value is -4.87. The van der Waals surface area contributed by atoms with Crippen molar-refractivity contribution in [3.63, 3.8) is 0 Å². The van der Waals surface area contributed by atoms with E-state index >= 15 is 0 Å². The number of primary amides is 1. The molecule has 40 heavy (non-hydrogen) atoms. The van der Waals surface area contributed by atoms with Crippen LogP contribution in [0.25, 0.3) is 0 Å². The van der Waals surface area contributed by atoms with Crippen LogP contribution in [0, 0.1) is 0 Å². The second-order valence-corrected chi connectivity index (χ2v) is 9.21. The Morgan fingerprint density at radius 2 is 1.57 bits per heavy atom. The van der Waals surface area contributed by atoms with E-state index in [9.17, 15) is 14.4 Å². The van der Waals surface area contributed by atoms with Crippen molar-refractivity contribution in [2.75, 3.05) is 30.4 Å². The topological polar surface area (TPSA) is 170 Å². The minimum Gasteiger partial charge on any atom is -0.494 e. The molecule has 0 saturated heterocycles. The van der Waals surface area contributed by atoms with Gasteiger partial charge in [-0.25, -0.2) is 9.97 Å². The van der Waals surface area contributed by atoms with Crippen molar-refractivity contribution in [1.82, 2.24) is 20.6 Å². The Bertz CT molecular complexity index is 1320. The molecule has 0 fully saturated rings. The summed E-state index contributed by atoms with van der Waals surface area (Å²) < 4.78 is 11.5. The van der Waals surface area contributed by atoms with Gasteiger partial charge in [0.1, 0.15) is 35.5 Å². The molecule has 210 valence electrons. The highest BCUT2D eigenvalue weighted by molar-refractivity contribution is 5.88. The fraction of sp³-hybridized carbons (Fsp3) is 0.321.